The molecule has 0 unspecified atom stereocenters. The maximum absolute atomic E-state index is 12.0. The van der Waals surface area contributed by atoms with Crippen LogP contribution in [-0.4, -0.2) is 30.3 Å². The van der Waals surface area contributed by atoms with Gasteiger partial charge in [-0.3, -0.25) is 0 Å². The molecule has 5 nitrogen and oxygen atoms in total. The van der Waals surface area contributed by atoms with Crippen molar-refractivity contribution in [2.24, 2.45) is 11.8 Å². The molecule has 1 aliphatic rings. The van der Waals surface area contributed by atoms with Gasteiger partial charge in [0.2, 0.25) is 0 Å². The van der Waals surface area contributed by atoms with Crippen LogP contribution in [0.5, 0.6) is 0 Å². The van der Waals surface area contributed by atoms with Crippen molar-refractivity contribution in [1.82, 2.24) is 15.6 Å². The van der Waals surface area contributed by atoms with Gasteiger partial charge in [0.25, 0.3) is 0 Å². The quantitative estimate of drug-likeness (QED) is 0.879. The number of hydrogen-bond acceptors (Lipinski definition) is 4. The Morgan fingerprint density at radius 2 is 2.29 bits per heavy atom. The second-order valence-electron chi connectivity index (χ2n) is 6.00. The van der Waals surface area contributed by atoms with E-state index in [1.807, 2.05) is 19.2 Å². The summed E-state index contributed by atoms with van der Waals surface area (Å²) >= 11 is 1.60. The lowest BCUT2D eigenvalue weighted by atomic mass is 9.93. The van der Waals surface area contributed by atoms with Gasteiger partial charge in [-0.15, -0.1) is 11.3 Å². The average molecular weight is 311 g/mol. The van der Waals surface area contributed by atoms with Crippen molar-refractivity contribution < 1.29 is 9.53 Å². The molecule has 1 saturated heterocycles. The Kier molecular flexibility index (Phi) is 5.58. The molecule has 0 spiro atoms. The monoisotopic (exact) mass is 311 g/mol. The van der Waals surface area contributed by atoms with E-state index in [4.69, 9.17) is 4.74 Å². The van der Waals surface area contributed by atoms with Gasteiger partial charge >= 0.3 is 6.03 Å². The molecule has 1 aromatic heterocycles. The van der Waals surface area contributed by atoms with Crippen LogP contribution in [0.4, 0.5) is 4.79 Å². The van der Waals surface area contributed by atoms with Crippen LogP contribution in [0.1, 0.15) is 43.9 Å². The van der Waals surface area contributed by atoms with E-state index in [1.165, 1.54) is 0 Å². The van der Waals surface area contributed by atoms with E-state index in [0.29, 0.717) is 18.4 Å². The first-order chi connectivity index (χ1) is 9.97. The number of carbonyl (C=O) groups is 1. The summed E-state index contributed by atoms with van der Waals surface area (Å²) in [6, 6.07) is -0.210. The smallest absolute Gasteiger partial charge is 0.315 e. The minimum Gasteiger partial charge on any atom is -0.378 e. The summed E-state index contributed by atoms with van der Waals surface area (Å²) in [5, 5.41) is 8.90. The third-order valence-corrected chi connectivity index (χ3v) is 4.67. The Labute approximate surface area is 130 Å². The van der Waals surface area contributed by atoms with E-state index >= 15 is 0 Å². The molecule has 0 aliphatic carbocycles. The lowest BCUT2D eigenvalue weighted by molar-refractivity contribution is 0.0545. The zero-order chi connectivity index (χ0) is 15.4. The van der Waals surface area contributed by atoms with E-state index in [9.17, 15) is 4.79 Å². The minimum atomic E-state index is -0.137. The number of thiazole rings is 1. The second kappa shape index (κ2) is 7.22. The molecule has 6 heteroatoms. The first-order valence-electron chi connectivity index (χ1n) is 7.55. The van der Waals surface area contributed by atoms with Crippen molar-refractivity contribution in [2.75, 3.05) is 13.2 Å². The number of aromatic nitrogens is 1. The molecule has 0 bridgehead atoms. The number of hydrogen-bond donors (Lipinski definition) is 2. The number of nitrogens with zero attached hydrogens (tertiary/aromatic N) is 1. The van der Waals surface area contributed by atoms with E-state index in [0.717, 1.165) is 23.7 Å². The van der Waals surface area contributed by atoms with Crippen molar-refractivity contribution >= 4 is 17.4 Å². The summed E-state index contributed by atoms with van der Waals surface area (Å²) in [6.45, 7) is 9.70. The highest BCUT2D eigenvalue weighted by molar-refractivity contribution is 7.09. The molecule has 1 aromatic rings. The van der Waals surface area contributed by atoms with Crippen LogP contribution in [0, 0.1) is 18.8 Å². The van der Waals surface area contributed by atoms with E-state index in [-0.39, 0.29) is 18.2 Å². The van der Waals surface area contributed by atoms with Crippen molar-refractivity contribution in [3.63, 3.8) is 0 Å². The number of rotatable bonds is 5. The van der Waals surface area contributed by atoms with Crippen LogP contribution in [0.2, 0.25) is 0 Å². The van der Waals surface area contributed by atoms with Gasteiger partial charge in [-0.2, -0.15) is 0 Å². The average Bonchev–Trinajstić information content (AvgIpc) is 3.04. The zero-order valence-corrected chi connectivity index (χ0v) is 14.0. The maximum Gasteiger partial charge on any atom is 0.315 e. The van der Waals surface area contributed by atoms with Crippen LogP contribution in [-0.2, 0) is 4.74 Å². The highest BCUT2D eigenvalue weighted by atomic mass is 32.1. The maximum atomic E-state index is 12.0. The largest absolute Gasteiger partial charge is 0.378 e. The SMILES string of the molecule is Cc1nc([C@H](C)NC(=O)NC[C@@H]2CCO[C@@H]2C(C)C)cs1. The summed E-state index contributed by atoms with van der Waals surface area (Å²) in [5.41, 5.74) is 0.914. The molecule has 1 aliphatic heterocycles. The molecule has 0 saturated carbocycles. The summed E-state index contributed by atoms with van der Waals surface area (Å²) in [7, 11) is 0. The number of nitrogens with one attached hydrogen (secondary N) is 2. The Morgan fingerprint density at radius 1 is 1.52 bits per heavy atom. The van der Waals surface area contributed by atoms with Crippen molar-refractivity contribution in [2.45, 2.75) is 46.3 Å². The molecule has 2 heterocycles. The summed E-state index contributed by atoms with van der Waals surface area (Å²) < 4.78 is 5.73. The highest BCUT2D eigenvalue weighted by Gasteiger charge is 2.30. The van der Waals surface area contributed by atoms with Gasteiger partial charge < -0.3 is 15.4 Å². The summed E-state index contributed by atoms with van der Waals surface area (Å²) in [6.07, 6.45) is 1.27. The van der Waals surface area contributed by atoms with Crippen LogP contribution in [0.3, 0.4) is 0 Å². The standard InChI is InChI=1S/C15H25N3O2S/c1-9(2)14-12(5-6-20-14)7-16-15(19)17-10(3)13-8-21-11(4)18-13/h8-10,12,14H,5-7H2,1-4H3,(H2,16,17,19)/t10-,12-,14+/m0/s1. The van der Waals surface area contributed by atoms with Gasteiger partial charge in [0.05, 0.1) is 22.8 Å². The lowest BCUT2D eigenvalue weighted by Crippen LogP contribution is -2.41. The summed E-state index contributed by atoms with van der Waals surface area (Å²) in [4.78, 5) is 16.4. The van der Waals surface area contributed by atoms with Crippen LogP contribution in [0.25, 0.3) is 0 Å². The molecule has 2 rings (SSSR count). The highest BCUT2D eigenvalue weighted by Crippen LogP contribution is 2.26. The third kappa shape index (κ3) is 4.41. The second-order valence-corrected chi connectivity index (χ2v) is 7.06. The van der Waals surface area contributed by atoms with Crippen molar-refractivity contribution in [3.05, 3.63) is 16.1 Å². The van der Waals surface area contributed by atoms with Gasteiger partial charge in [-0.05, 0) is 26.2 Å². The molecular weight excluding hydrogens is 286 g/mol. The molecule has 21 heavy (non-hydrogen) atoms. The van der Waals surface area contributed by atoms with Gasteiger partial charge in [0.15, 0.2) is 0 Å². The fourth-order valence-corrected chi connectivity index (χ4v) is 3.44. The van der Waals surface area contributed by atoms with Crippen LogP contribution >= 0.6 is 11.3 Å². The van der Waals surface area contributed by atoms with E-state index in [1.54, 1.807) is 11.3 Å². The number of amides is 2. The molecule has 118 valence electrons. The fourth-order valence-electron chi connectivity index (χ4n) is 2.74. The van der Waals surface area contributed by atoms with E-state index in [2.05, 4.69) is 29.5 Å². The number of aryl methyl sites for hydroxylation is 1. The predicted molar refractivity (Wildman–Crippen MR) is 84.5 cm³/mol. The van der Waals surface area contributed by atoms with Gasteiger partial charge in [-0.1, -0.05) is 13.8 Å². The Balaban J connectivity index is 1.77. The topological polar surface area (TPSA) is 63.2 Å². The third-order valence-electron chi connectivity index (χ3n) is 3.87. The summed E-state index contributed by atoms with van der Waals surface area (Å²) in [5.74, 6) is 0.895. The normalized spacial score (nSPS) is 23.3. The Hall–Kier alpha value is -1.14. The molecule has 0 radical (unpaired) electrons. The molecule has 2 N–H and O–H groups in total. The van der Waals surface area contributed by atoms with Gasteiger partial charge in [0, 0.05) is 24.4 Å². The molecular formula is C15H25N3O2S. The first kappa shape index (κ1) is 16.2. The molecule has 3 atom stereocenters. The minimum absolute atomic E-state index is 0.0735. The van der Waals surface area contributed by atoms with Gasteiger partial charge in [-0.25, -0.2) is 9.78 Å². The van der Waals surface area contributed by atoms with Crippen molar-refractivity contribution in [3.8, 4) is 0 Å². The fraction of sp³-hybridized carbons (Fsp3) is 0.733. The molecule has 2 amide bonds. The number of carbonyl (C=O) groups excluding carboxylic acids is 1. The Morgan fingerprint density at radius 3 is 2.90 bits per heavy atom. The van der Waals surface area contributed by atoms with Crippen LogP contribution in [0.15, 0.2) is 5.38 Å². The first-order valence-corrected chi connectivity index (χ1v) is 8.43. The van der Waals surface area contributed by atoms with E-state index < -0.39 is 0 Å². The predicted octanol–water partition coefficient (Wildman–Crippen LogP) is 2.87. The zero-order valence-electron chi connectivity index (χ0n) is 13.2. The van der Waals surface area contributed by atoms with Gasteiger partial charge in [0.1, 0.15) is 0 Å². The van der Waals surface area contributed by atoms with Crippen molar-refractivity contribution in [1.29, 1.82) is 0 Å². The number of urea groups is 1. The molecule has 1 fully saturated rings. The number of ether oxygens (including phenoxy) is 1. The Bertz CT molecular complexity index is 475. The lowest BCUT2D eigenvalue weighted by Gasteiger charge is -2.22. The molecule has 0 aromatic carbocycles. The van der Waals surface area contributed by atoms with Crippen LogP contribution < -0.4 is 10.6 Å².